The highest BCUT2D eigenvalue weighted by Crippen LogP contribution is 2.58. The zero-order chi connectivity index (χ0) is 30.9. The van der Waals surface area contributed by atoms with E-state index in [-0.39, 0.29) is 61.6 Å². The molecule has 12 heteroatoms. The molecule has 1 saturated carbocycles. The van der Waals surface area contributed by atoms with E-state index >= 15 is 0 Å². The van der Waals surface area contributed by atoms with Gasteiger partial charge in [-0.05, 0) is 97.2 Å². The number of methoxy groups -OCH3 is 2. The van der Waals surface area contributed by atoms with Crippen LogP contribution in [0.5, 0.6) is 5.75 Å². The van der Waals surface area contributed by atoms with Gasteiger partial charge >= 0.3 is 18.1 Å². The molecule has 0 radical (unpaired) electrons. The van der Waals surface area contributed by atoms with E-state index in [1.807, 2.05) is 19.1 Å². The van der Waals surface area contributed by atoms with Crippen LogP contribution in [0.1, 0.15) is 50.2 Å². The molecule has 1 fully saturated rings. The normalized spacial score (nSPS) is 24.3. The SMILES string of the molecule is COCOc1cc2c(cc1Cl)C[C@H](C[C@@H](C)CO)C21CCC(C(=O)OC)(N(C(=O)C(F)(F)F)c2cccc(Cl)c2)CC1. The second-order valence-corrected chi connectivity index (χ2v) is 12.1. The van der Waals surface area contributed by atoms with Gasteiger partial charge in [0.2, 0.25) is 0 Å². The van der Waals surface area contributed by atoms with E-state index in [4.69, 9.17) is 37.4 Å². The summed E-state index contributed by atoms with van der Waals surface area (Å²) in [6.07, 6.45) is -3.65. The van der Waals surface area contributed by atoms with Gasteiger partial charge in [0.05, 0.1) is 12.1 Å². The van der Waals surface area contributed by atoms with E-state index in [1.54, 1.807) is 0 Å². The summed E-state index contributed by atoms with van der Waals surface area (Å²) in [5, 5.41) is 10.4. The summed E-state index contributed by atoms with van der Waals surface area (Å²) in [5.41, 5.74) is -0.750. The van der Waals surface area contributed by atoms with Gasteiger partial charge in [0.15, 0.2) is 6.79 Å². The number of benzene rings is 2. The summed E-state index contributed by atoms with van der Waals surface area (Å²) >= 11 is 12.6. The van der Waals surface area contributed by atoms with Crippen molar-refractivity contribution >= 4 is 40.8 Å². The van der Waals surface area contributed by atoms with Crippen LogP contribution in [0.2, 0.25) is 10.0 Å². The van der Waals surface area contributed by atoms with Crippen molar-refractivity contribution in [1.29, 1.82) is 0 Å². The van der Waals surface area contributed by atoms with Gasteiger partial charge in [-0.2, -0.15) is 13.2 Å². The molecular formula is C30H34Cl2F3NO6. The second kappa shape index (κ2) is 12.6. The zero-order valence-corrected chi connectivity index (χ0v) is 25.1. The molecule has 0 saturated heterocycles. The quantitative estimate of drug-likeness (QED) is 0.252. The molecule has 0 aliphatic heterocycles. The average molecular weight is 633 g/mol. The summed E-state index contributed by atoms with van der Waals surface area (Å²) in [5.74, 6) is -2.75. The number of nitrogens with zero attached hydrogens (tertiary/aromatic N) is 1. The topological polar surface area (TPSA) is 85.3 Å². The van der Waals surface area contributed by atoms with Crippen molar-refractivity contribution in [3.63, 3.8) is 0 Å². The van der Waals surface area contributed by atoms with Gasteiger partial charge < -0.3 is 19.3 Å². The average Bonchev–Trinajstić information content (AvgIpc) is 3.22. The minimum absolute atomic E-state index is 0.00280. The van der Waals surface area contributed by atoms with Gasteiger partial charge in [-0.15, -0.1) is 0 Å². The van der Waals surface area contributed by atoms with Crippen LogP contribution in [0, 0.1) is 11.8 Å². The number of halogens is 5. The summed E-state index contributed by atoms with van der Waals surface area (Å²) in [6.45, 7) is 1.87. The van der Waals surface area contributed by atoms with Crippen LogP contribution < -0.4 is 9.64 Å². The number of ether oxygens (including phenoxy) is 3. The highest BCUT2D eigenvalue weighted by atomic mass is 35.5. The number of aliphatic hydroxyl groups is 1. The second-order valence-electron chi connectivity index (χ2n) is 11.2. The molecule has 2 aromatic rings. The fourth-order valence-electron chi connectivity index (χ4n) is 6.81. The molecule has 0 bridgehead atoms. The standard InChI is InChI=1S/C30H34Cl2F3NO6/c1-18(16-37)11-20-12-19-13-24(32)25(42-17-40-2)15-23(19)28(20)7-9-29(10-8-28,27(39)41-3)36(26(38)30(33,34)35)22-6-4-5-21(31)14-22/h4-6,13-15,18,20,37H,7-12,16-17H2,1-3H3/t18-,20+,28?,29?/m1/s1. The molecule has 2 atom stereocenters. The summed E-state index contributed by atoms with van der Waals surface area (Å²) < 4.78 is 58.0. The van der Waals surface area contributed by atoms with E-state index in [9.17, 15) is 27.9 Å². The highest BCUT2D eigenvalue weighted by molar-refractivity contribution is 6.32. The molecule has 42 heavy (non-hydrogen) atoms. The Morgan fingerprint density at radius 1 is 1.12 bits per heavy atom. The number of alkyl halides is 3. The summed E-state index contributed by atoms with van der Waals surface area (Å²) in [4.78, 5) is 27.0. The molecule has 1 amide bonds. The van der Waals surface area contributed by atoms with Gasteiger partial charge in [-0.25, -0.2) is 4.79 Å². The predicted octanol–water partition coefficient (Wildman–Crippen LogP) is 6.49. The lowest BCUT2D eigenvalue weighted by Crippen LogP contribution is -2.63. The van der Waals surface area contributed by atoms with Gasteiger partial charge in [-0.3, -0.25) is 9.69 Å². The minimum Gasteiger partial charge on any atom is -0.467 e. The fraction of sp³-hybridized carbons (Fsp3) is 0.533. The van der Waals surface area contributed by atoms with Gasteiger partial charge in [0.1, 0.15) is 11.3 Å². The monoisotopic (exact) mass is 631 g/mol. The van der Waals surface area contributed by atoms with Crippen LogP contribution in [0.25, 0.3) is 0 Å². The third kappa shape index (κ3) is 5.96. The molecule has 230 valence electrons. The van der Waals surface area contributed by atoms with E-state index in [1.165, 1.54) is 31.4 Å². The third-order valence-corrected chi connectivity index (χ3v) is 9.28. The molecular weight excluding hydrogens is 598 g/mol. The molecule has 2 aliphatic carbocycles. The fourth-order valence-corrected chi connectivity index (χ4v) is 7.23. The van der Waals surface area contributed by atoms with Crippen LogP contribution >= 0.6 is 23.2 Å². The number of rotatable bonds is 9. The molecule has 0 aromatic heterocycles. The van der Waals surface area contributed by atoms with Crippen LogP contribution in [0.15, 0.2) is 36.4 Å². The first-order chi connectivity index (χ1) is 19.8. The van der Waals surface area contributed by atoms with E-state index in [0.29, 0.717) is 28.5 Å². The number of amides is 1. The number of carbonyl (C=O) groups excluding carboxylic acids is 2. The van der Waals surface area contributed by atoms with Crippen LogP contribution in [0.3, 0.4) is 0 Å². The highest BCUT2D eigenvalue weighted by Gasteiger charge is 2.60. The number of hydrogen-bond acceptors (Lipinski definition) is 6. The lowest BCUT2D eigenvalue weighted by Gasteiger charge is -2.51. The molecule has 7 nitrogen and oxygen atoms in total. The number of esters is 1. The predicted molar refractivity (Wildman–Crippen MR) is 152 cm³/mol. The van der Waals surface area contributed by atoms with E-state index in [2.05, 4.69) is 0 Å². The Kier molecular flexibility index (Phi) is 9.72. The van der Waals surface area contributed by atoms with Crippen molar-refractivity contribution in [2.45, 2.75) is 62.6 Å². The largest absolute Gasteiger partial charge is 0.471 e. The lowest BCUT2D eigenvalue weighted by molar-refractivity contribution is -0.174. The maximum absolute atomic E-state index is 14.1. The number of anilines is 1. The van der Waals surface area contributed by atoms with Crippen molar-refractivity contribution < 1.29 is 42.1 Å². The Balaban J connectivity index is 1.83. The zero-order valence-electron chi connectivity index (χ0n) is 23.6. The van der Waals surface area contributed by atoms with Crippen molar-refractivity contribution in [3.8, 4) is 5.75 Å². The lowest BCUT2D eigenvalue weighted by atomic mass is 9.59. The Morgan fingerprint density at radius 3 is 2.38 bits per heavy atom. The van der Waals surface area contributed by atoms with Gasteiger partial charge in [-0.1, -0.05) is 36.2 Å². The number of hydrogen-bond donors (Lipinski definition) is 1. The van der Waals surface area contributed by atoms with Crippen LogP contribution in [-0.2, 0) is 30.9 Å². The van der Waals surface area contributed by atoms with E-state index < -0.39 is 29.0 Å². The van der Waals surface area contributed by atoms with Crippen molar-refractivity contribution in [2.75, 3.05) is 32.5 Å². The molecule has 2 aromatic carbocycles. The van der Waals surface area contributed by atoms with Crippen molar-refractivity contribution in [2.24, 2.45) is 11.8 Å². The van der Waals surface area contributed by atoms with Crippen LogP contribution in [0.4, 0.5) is 18.9 Å². The van der Waals surface area contributed by atoms with Crippen molar-refractivity contribution in [1.82, 2.24) is 0 Å². The molecule has 1 N–H and O–H groups in total. The maximum atomic E-state index is 14.1. The molecule has 1 spiro atoms. The van der Waals surface area contributed by atoms with Crippen LogP contribution in [-0.4, -0.2) is 56.3 Å². The van der Waals surface area contributed by atoms with Gasteiger partial charge in [0.25, 0.3) is 0 Å². The smallest absolute Gasteiger partial charge is 0.467 e. The molecule has 0 unspecified atom stereocenters. The Bertz CT molecular complexity index is 1310. The molecule has 0 heterocycles. The first-order valence-corrected chi connectivity index (χ1v) is 14.4. The molecule has 4 rings (SSSR count). The maximum Gasteiger partial charge on any atom is 0.471 e. The van der Waals surface area contributed by atoms with Gasteiger partial charge in [0, 0.05) is 24.4 Å². The number of fused-ring (bicyclic) bond motifs is 2. The Hall–Kier alpha value is -2.53. The number of aliphatic hydroxyl groups excluding tert-OH is 1. The first kappa shape index (κ1) is 32.4. The Labute approximate surface area is 252 Å². The molecule has 2 aliphatic rings. The summed E-state index contributed by atoms with van der Waals surface area (Å²) in [7, 11) is 2.58. The third-order valence-electron chi connectivity index (χ3n) is 8.75. The first-order valence-electron chi connectivity index (χ1n) is 13.6. The minimum atomic E-state index is -5.26. The Morgan fingerprint density at radius 2 is 1.81 bits per heavy atom. The van der Waals surface area contributed by atoms with E-state index in [0.717, 1.165) is 18.2 Å². The number of carbonyl (C=O) groups is 2. The summed E-state index contributed by atoms with van der Waals surface area (Å²) in [6, 6.07) is 9.13. The van der Waals surface area contributed by atoms with Crippen molar-refractivity contribution in [3.05, 3.63) is 57.6 Å².